The van der Waals surface area contributed by atoms with Gasteiger partial charge in [0.15, 0.2) is 0 Å². The minimum Gasteiger partial charge on any atom is -0.145 e. The maximum atomic E-state index is 6.47. The van der Waals surface area contributed by atoms with Gasteiger partial charge in [0.25, 0.3) is 6.69 Å². The summed E-state index contributed by atoms with van der Waals surface area (Å²) in [5.41, 5.74) is 2.18. The first-order chi connectivity index (χ1) is 6.49. The average molecular weight is 265 g/mol. The molecule has 0 saturated carbocycles. The number of hydrogen-bond acceptors (Lipinski definition) is 0. The first kappa shape index (κ1) is 13.6. The van der Waals surface area contributed by atoms with Crippen molar-refractivity contribution in [1.29, 1.82) is 0 Å². The van der Waals surface area contributed by atoms with Gasteiger partial charge in [0.2, 0.25) is 0 Å². The van der Waals surface area contributed by atoms with Gasteiger partial charge in [0.05, 0.1) is 0 Å². The zero-order chi connectivity index (χ0) is 12.1. The lowest BCUT2D eigenvalue weighted by Crippen LogP contribution is -2.54. The zero-order valence-corrected chi connectivity index (χ0v) is 13.0. The van der Waals surface area contributed by atoms with E-state index >= 15 is 0 Å². The van der Waals surface area contributed by atoms with Gasteiger partial charge in [-0.2, -0.15) is 0 Å². The summed E-state index contributed by atoms with van der Waals surface area (Å²) in [5.74, 6) is 0. The van der Waals surface area contributed by atoms with Gasteiger partial charge < -0.3 is 0 Å². The van der Waals surface area contributed by atoms with Crippen LogP contribution >= 0.6 is 22.2 Å². The minimum absolute atomic E-state index is 0.184. The van der Waals surface area contributed by atoms with Crippen molar-refractivity contribution in [3.63, 3.8) is 0 Å². The fourth-order valence-corrected chi connectivity index (χ4v) is 9.68. The van der Waals surface area contributed by atoms with E-state index in [-0.39, 0.29) is 5.41 Å². The highest BCUT2D eigenvalue weighted by molar-refractivity contribution is 7.47. The Morgan fingerprint density at radius 2 is 1.93 bits per heavy atom. The van der Waals surface area contributed by atoms with Crippen LogP contribution in [-0.4, -0.2) is 6.69 Å². The van der Waals surface area contributed by atoms with Crippen LogP contribution < -0.4 is 0 Å². The maximum Gasteiger partial charge on any atom is 0.256 e. The monoisotopic (exact) mass is 264 g/mol. The number of halogens is 2. The highest BCUT2D eigenvalue weighted by Crippen LogP contribution is 2.67. The molecule has 1 fully saturated rings. The van der Waals surface area contributed by atoms with Gasteiger partial charge in [-0.15, -0.1) is 22.2 Å². The van der Waals surface area contributed by atoms with Crippen molar-refractivity contribution in [2.45, 2.75) is 52.6 Å². The molecule has 1 rings (SSSR count). The molecule has 2 atom stereocenters. The zero-order valence-electron chi connectivity index (χ0n) is 10.5. The Kier molecular flexibility index (Phi) is 3.43. The lowest BCUT2D eigenvalue weighted by Gasteiger charge is -2.56. The lowest BCUT2D eigenvalue weighted by atomic mass is 9.74. The number of rotatable bonds is 2. The Morgan fingerprint density at radius 1 is 1.47 bits per heavy atom. The summed E-state index contributed by atoms with van der Waals surface area (Å²) in [5, 5.41) is 0. The predicted molar refractivity (Wildman–Crippen MR) is 73.0 cm³/mol. The largest absolute Gasteiger partial charge is 0.256 e. The maximum absolute atomic E-state index is 6.47. The van der Waals surface area contributed by atoms with Crippen LogP contribution in [0.25, 0.3) is 0 Å². The molecule has 0 aliphatic carbocycles. The highest BCUT2D eigenvalue weighted by Gasteiger charge is 2.62. The summed E-state index contributed by atoms with van der Waals surface area (Å²) in [7, 11) is 0. The van der Waals surface area contributed by atoms with Crippen LogP contribution in [0.2, 0.25) is 11.6 Å². The second-order valence-electron chi connectivity index (χ2n) is 6.45. The Labute approximate surface area is 104 Å². The fraction of sp³-hybridized carbons (Fsp3) is 0.833. The Morgan fingerprint density at radius 3 is 2.20 bits per heavy atom. The molecule has 0 spiro atoms. The number of hydrogen-bond donors (Lipinski definition) is 0. The van der Waals surface area contributed by atoms with E-state index in [0.29, 0.717) is 11.0 Å². The summed E-state index contributed by atoms with van der Waals surface area (Å²) in [6.45, 7) is 13.2. The number of allylic oxidation sites excluding steroid dienone is 1. The third-order valence-corrected chi connectivity index (χ3v) is 9.12. The van der Waals surface area contributed by atoms with Gasteiger partial charge in [-0.25, -0.2) is 0 Å². The Balaban J connectivity index is 2.86. The van der Waals surface area contributed by atoms with Gasteiger partial charge in [-0.1, -0.05) is 39.8 Å². The Hall–Kier alpha value is 0.537. The topological polar surface area (TPSA) is 0 Å². The molecule has 0 aromatic carbocycles. The molecule has 1 aliphatic heterocycles. The van der Waals surface area contributed by atoms with Crippen LogP contribution in [0.3, 0.4) is 0 Å². The van der Waals surface area contributed by atoms with Gasteiger partial charge in [0, 0.05) is 0 Å². The van der Waals surface area contributed by atoms with E-state index in [2.05, 4.69) is 41.2 Å². The third-order valence-electron chi connectivity index (χ3n) is 3.67. The molecule has 0 bridgehead atoms. The minimum atomic E-state index is -2.00. The SMILES string of the molecule is C=C(C)[C@]1(C)C[Si](Cl)(Cl)[C@@H]1CC(C)(C)C. The van der Waals surface area contributed by atoms with E-state index in [1.807, 2.05) is 0 Å². The molecule has 1 aliphatic rings. The van der Waals surface area contributed by atoms with Crippen LogP contribution in [0, 0.1) is 10.8 Å². The first-order valence-corrected chi connectivity index (χ1v) is 9.84. The average Bonchev–Trinajstić information content (AvgIpc) is 1.97. The van der Waals surface area contributed by atoms with Crippen LogP contribution in [0.5, 0.6) is 0 Å². The highest BCUT2D eigenvalue weighted by atomic mass is 35.7. The summed E-state index contributed by atoms with van der Waals surface area (Å²) in [6, 6.07) is 0.971. The summed E-state index contributed by atoms with van der Waals surface area (Å²) in [4.78, 5) is 0. The fourth-order valence-electron chi connectivity index (χ4n) is 2.51. The van der Waals surface area contributed by atoms with Crippen LogP contribution in [0.15, 0.2) is 12.2 Å². The summed E-state index contributed by atoms with van der Waals surface area (Å²) in [6.07, 6.45) is 1.11. The van der Waals surface area contributed by atoms with Crippen molar-refractivity contribution in [2.75, 3.05) is 0 Å². The molecule has 88 valence electrons. The van der Waals surface area contributed by atoms with Crippen molar-refractivity contribution in [1.82, 2.24) is 0 Å². The van der Waals surface area contributed by atoms with Gasteiger partial charge in [-0.3, -0.25) is 0 Å². The molecule has 0 nitrogen and oxygen atoms in total. The molecular weight excluding hydrogens is 243 g/mol. The van der Waals surface area contributed by atoms with Crippen molar-refractivity contribution in [2.24, 2.45) is 10.8 Å². The van der Waals surface area contributed by atoms with Crippen molar-refractivity contribution in [3.8, 4) is 0 Å². The molecule has 3 heteroatoms. The smallest absolute Gasteiger partial charge is 0.145 e. The second-order valence-corrected chi connectivity index (χ2v) is 13.7. The lowest BCUT2D eigenvalue weighted by molar-refractivity contribution is 0.255. The van der Waals surface area contributed by atoms with Gasteiger partial charge in [-0.05, 0) is 35.8 Å². The van der Waals surface area contributed by atoms with E-state index in [1.54, 1.807) is 0 Å². The van der Waals surface area contributed by atoms with E-state index in [9.17, 15) is 0 Å². The summed E-state index contributed by atoms with van der Waals surface area (Å²) >= 11 is 12.9. The van der Waals surface area contributed by atoms with Gasteiger partial charge >= 0.3 is 0 Å². The van der Waals surface area contributed by atoms with Crippen LogP contribution in [0.1, 0.15) is 41.0 Å². The Bertz CT molecular complexity index is 278. The second kappa shape index (κ2) is 3.78. The standard InChI is InChI=1S/C12H22Cl2Si/c1-9(2)12(6)8-15(13,14)10(12)7-11(3,4)5/h10H,1,7-8H2,2-6H3/t10-,12+/m1/s1. The normalized spacial score (nSPS) is 34.7. The molecule has 1 saturated heterocycles. The van der Waals surface area contributed by atoms with Crippen LogP contribution in [0.4, 0.5) is 0 Å². The van der Waals surface area contributed by atoms with Crippen LogP contribution in [-0.2, 0) is 0 Å². The van der Waals surface area contributed by atoms with E-state index in [4.69, 9.17) is 22.2 Å². The van der Waals surface area contributed by atoms with Crippen molar-refractivity contribution >= 4 is 28.9 Å². The molecule has 0 unspecified atom stereocenters. The molecule has 0 N–H and O–H groups in total. The van der Waals surface area contributed by atoms with Crippen molar-refractivity contribution in [3.05, 3.63) is 12.2 Å². The molecule has 0 radical (unpaired) electrons. The molecular formula is C12H22Cl2Si. The molecule has 0 amide bonds. The molecule has 15 heavy (non-hydrogen) atoms. The first-order valence-electron chi connectivity index (χ1n) is 5.53. The van der Waals surface area contributed by atoms with Crippen molar-refractivity contribution < 1.29 is 0 Å². The van der Waals surface area contributed by atoms with E-state index < -0.39 is 6.69 Å². The summed E-state index contributed by atoms with van der Waals surface area (Å²) < 4.78 is 0. The predicted octanol–water partition coefficient (Wildman–Crippen LogP) is 5.31. The van der Waals surface area contributed by atoms with E-state index in [1.165, 1.54) is 5.57 Å². The quantitative estimate of drug-likeness (QED) is 0.360. The third kappa shape index (κ3) is 2.62. The molecule has 0 aromatic heterocycles. The molecule has 0 aromatic rings. The molecule has 1 heterocycles. The van der Waals surface area contributed by atoms with Gasteiger partial charge in [0.1, 0.15) is 0 Å². The van der Waals surface area contributed by atoms with E-state index in [0.717, 1.165) is 12.5 Å².